The van der Waals surface area contributed by atoms with Crippen LogP contribution in [-0.2, 0) is 13.0 Å². The van der Waals surface area contributed by atoms with Gasteiger partial charge in [0.25, 0.3) is 0 Å². The monoisotopic (exact) mass is 421 g/mol. The first kappa shape index (κ1) is 16.6. The molecular weight excluding hydrogens is 404 g/mol. The molecular formula is C10H17NO2U. The van der Waals surface area contributed by atoms with E-state index in [-0.39, 0.29) is 36.6 Å². The second kappa shape index (κ2) is 9.70. The topological polar surface area (TPSA) is 63.8 Å². The number of aliphatic hydroxyl groups is 1. The van der Waals surface area contributed by atoms with Gasteiger partial charge in [-0.15, -0.1) is 0 Å². The van der Waals surface area contributed by atoms with Gasteiger partial charge < -0.3 is 15.9 Å². The molecule has 1 aliphatic rings. The number of nitrogens with one attached hydrogen (secondary N) is 1. The normalized spacial score (nSPS) is 12.1. The minimum Gasteiger partial charge on any atom is -0.412 e. The summed E-state index contributed by atoms with van der Waals surface area (Å²) in [5, 5.41) is 10.3. The molecule has 4 heteroatoms. The summed E-state index contributed by atoms with van der Waals surface area (Å²) in [5.74, 6) is 0. The first-order valence-electron chi connectivity index (χ1n) is 4.19. The fourth-order valence-corrected chi connectivity index (χ4v) is 1.42. The quantitative estimate of drug-likeness (QED) is 0.625. The van der Waals surface area contributed by atoms with Gasteiger partial charge in [-0.25, -0.2) is 0 Å². The van der Waals surface area contributed by atoms with Crippen molar-refractivity contribution in [1.82, 2.24) is 5.32 Å². The van der Waals surface area contributed by atoms with E-state index < -0.39 is 0 Å². The van der Waals surface area contributed by atoms with E-state index in [0.29, 0.717) is 0 Å². The largest absolute Gasteiger partial charge is 0.412 e. The Bertz CT molecular complexity index is 218. The van der Waals surface area contributed by atoms with Crippen LogP contribution in [0.3, 0.4) is 0 Å². The molecule has 1 aromatic rings. The summed E-state index contributed by atoms with van der Waals surface area (Å²) in [6.45, 7) is 2.19. The van der Waals surface area contributed by atoms with Gasteiger partial charge >= 0.3 is 0 Å². The predicted molar refractivity (Wildman–Crippen MR) is 53.6 cm³/mol. The van der Waals surface area contributed by atoms with E-state index in [1.807, 2.05) is 0 Å². The van der Waals surface area contributed by atoms with Crippen molar-refractivity contribution in [3.8, 4) is 0 Å². The maximum absolute atomic E-state index is 7.00. The Balaban J connectivity index is 0. The van der Waals surface area contributed by atoms with E-state index in [1.165, 1.54) is 17.5 Å². The molecule has 0 fully saturated rings. The Morgan fingerprint density at radius 1 is 1.14 bits per heavy atom. The van der Waals surface area contributed by atoms with E-state index >= 15 is 0 Å². The molecule has 0 saturated carbocycles. The molecule has 4 N–H and O–H groups in total. The minimum absolute atomic E-state index is 0. The van der Waals surface area contributed by atoms with Gasteiger partial charge in [-0.2, -0.15) is 0 Å². The van der Waals surface area contributed by atoms with Crippen molar-refractivity contribution in [2.75, 3.05) is 13.7 Å². The average Bonchev–Trinajstić information content (AvgIpc) is 2.21. The van der Waals surface area contributed by atoms with Gasteiger partial charge in [-0.3, -0.25) is 0 Å². The van der Waals surface area contributed by atoms with Crippen LogP contribution in [0.4, 0.5) is 0 Å². The number of benzene rings is 1. The van der Waals surface area contributed by atoms with Crippen LogP contribution in [-0.4, -0.2) is 24.2 Å². The Kier molecular flexibility index (Phi) is 11.5. The second-order valence-corrected chi connectivity index (χ2v) is 2.70. The molecule has 0 aromatic heterocycles. The fraction of sp³-hybridized carbons (Fsp3) is 0.400. The van der Waals surface area contributed by atoms with Crippen molar-refractivity contribution in [3.63, 3.8) is 0 Å². The number of aliphatic hydroxyl groups excluding tert-OH is 1. The maximum Gasteiger partial charge on any atom is 0.0319 e. The van der Waals surface area contributed by atoms with Gasteiger partial charge in [0.05, 0.1) is 0 Å². The van der Waals surface area contributed by atoms with Crippen molar-refractivity contribution >= 4 is 0 Å². The maximum atomic E-state index is 7.00. The predicted octanol–water partition coefficient (Wildman–Crippen LogP) is 0.116. The van der Waals surface area contributed by atoms with Gasteiger partial charge in [-0.1, -0.05) is 24.3 Å². The van der Waals surface area contributed by atoms with Crippen LogP contribution < -0.4 is 5.32 Å². The summed E-state index contributed by atoms with van der Waals surface area (Å²) < 4.78 is 0. The van der Waals surface area contributed by atoms with Gasteiger partial charge in [0, 0.05) is 44.8 Å². The fourth-order valence-electron chi connectivity index (χ4n) is 1.42. The van der Waals surface area contributed by atoms with Crippen molar-refractivity contribution in [1.29, 1.82) is 0 Å². The third-order valence-electron chi connectivity index (χ3n) is 2.00. The Morgan fingerprint density at radius 3 is 2.29 bits per heavy atom. The van der Waals surface area contributed by atoms with Gasteiger partial charge in [0.1, 0.15) is 0 Å². The zero-order valence-corrected chi connectivity index (χ0v) is 12.5. The summed E-state index contributed by atoms with van der Waals surface area (Å²) >= 11 is 0. The van der Waals surface area contributed by atoms with Crippen molar-refractivity contribution < 1.29 is 41.7 Å². The Labute approximate surface area is 109 Å². The number of fused-ring (bicyclic) bond motifs is 1. The zero-order valence-electron chi connectivity index (χ0n) is 8.38. The van der Waals surface area contributed by atoms with Crippen LogP contribution in [0, 0.1) is 31.1 Å². The summed E-state index contributed by atoms with van der Waals surface area (Å²) in [4.78, 5) is 0. The average molecular weight is 421 g/mol. The SMILES string of the molecule is CO.O.[U].c1ccc2c(c1)CCNC2. The molecule has 1 aliphatic heterocycles. The molecule has 0 unspecified atom stereocenters. The molecule has 0 atom stereocenters. The van der Waals surface area contributed by atoms with E-state index in [4.69, 9.17) is 5.11 Å². The molecule has 0 aliphatic carbocycles. The summed E-state index contributed by atoms with van der Waals surface area (Å²) in [6.07, 6.45) is 1.19. The Morgan fingerprint density at radius 2 is 1.71 bits per heavy atom. The molecule has 78 valence electrons. The van der Waals surface area contributed by atoms with Crippen LogP contribution in [0.2, 0.25) is 0 Å². The molecule has 0 spiro atoms. The molecule has 1 aromatic carbocycles. The smallest absolute Gasteiger partial charge is 0.0319 e. The summed E-state index contributed by atoms with van der Waals surface area (Å²) in [6, 6.07) is 8.63. The van der Waals surface area contributed by atoms with E-state index in [2.05, 4.69) is 29.6 Å². The molecule has 0 bridgehead atoms. The summed E-state index contributed by atoms with van der Waals surface area (Å²) in [5.41, 5.74) is 2.98. The minimum atomic E-state index is 0. The number of hydrogen-bond donors (Lipinski definition) is 2. The van der Waals surface area contributed by atoms with Crippen molar-refractivity contribution in [3.05, 3.63) is 35.4 Å². The second-order valence-electron chi connectivity index (χ2n) is 2.70. The van der Waals surface area contributed by atoms with Gasteiger partial charge in [0.15, 0.2) is 0 Å². The van der Waals surface area contributed by atoms with Gasteiger partial charge in [-0.05, 0) is 24.1 Å². The van der Waals surface area contributed by atoms with Gasteiger partial charge in [0.2, 0.25) is 0 Å². The zero-order chi connectivity index (χ0) is 8.81. The molecule has 0 radical (unpaired) electrons. The Hall–Kier alpha value is 0.152. The van der Waals surface area contributed by atoms with Crippen LogP contribution >= 0.6 is 0 Å². The molecule has 3 nitrogen and oxygen atoms in total. The molecule has 1 heterocycles. The van der Waals surface area contributed by atoms with Crippen molar-refractivity contribution in [2.45, 2.75) is 13.0 Å². The first-order chi connectivity index (χ1) is 5.97. The van der Waals surface area contributed by atoms with E-state index in [1.54, 1.807) is 0 Å². The third kappa shape index (κ3) is 4.59. The van der Waals surface area contributed by atoms with Crippen LogP contribution in [0.1, 0.15) is 11.1 Å². The molecule has 2 rings (SSSR count). The third-order valence-corrected chi connectivity index (χ3v) is 2.00. The van der Waals surface area contributed by atoms with Crippen LogP contribution in [0.5, 0.6) is 0 Å². The van der Waals surface area contributed by atoms with Crippen LogP contribution in [0.25, 0.3) is 0 Å². The number of hydrogen-bond acceptors (Lipinski definition) is 2. The van der Waals surface area contributed by atoms with E-state index in [9.17, 15) is 0 Å². The molecule has 0 saturated heterocycles. The molecule has 0 amide bonds. The van der Waals surface area contributed by atoms with Crippen molar-refractivity contribution in [2.24, 2.45) is 0 Å². The van der Waals surface area contributed by atoms with Crippen LogP contribution in [0.15, 0.2) is 24.3 Å². The molecule has 14 heavy (non-hydrogen) atoms. The summed E-state index contributed by atoms with van der Waals surface area (Å²) in [7, 11) is 1.00. The first-order valence-corrected chi connectivity index (χ1v) is 4.19. The van der Waals surface area contributed by atoms with E-state index in [0.717, 1.165) is 20.2 Å². The standard InChI is InChI=1S/C9H11N.CH4O.H2O.U/c1-2-4-9-7-10-6-5-8(9)3-1;1-2;;/h1-4,10H,5-7H2;2H,1H3;1H2;. The number of rotatable bonds is 0.